The summed E-state index contributed by atoms with van der Waals surface area (Å²) >= 11 is 1.77. The average Bonchev–Trinajstić information content (AvgIpc) is 3.26. The maximum atomic E-state index is 13.0. The van der Waals surface area contributed by atoms with Gasteiger partial charge in [0.1, 0.15) is 7.85 Å². The molecule has 0 saturated carbocycles. The number of hydrogen-bond donors (Lipinski definition) is 0. The quantitative estimate of drug-likeness (QED) is 0.256. The molecule has 0 spiro atoms. The molecule has 0 unspecified atom stereocenters. The van der Waals surface area contributed by atoms with Crippen LogP contribution in [0.5, 0.6) is 5.75 Å². The van der Waals surface area contributed by atoms with Crippen LogP contribution in [0.4, 0.5) is 0 Å². The van der Waals surface area contributed by atoms with Crippen LogP contribution in [0.3, 0.4) is 0 Å². The minimum absolute atomic E-state index is 0.776. The lowest BCUT2D eigenvalue weighted by Crippen LogP contribution is -2.57. The van der Waals surface area contributed by atoms with Gasteiger partial charge in [0.2, 0.25) is 0 Å². The molecule has 32 heavy (non-hydrogen) atoms. The fourth-order valence-electron chi connectivity index (χ4n) is 4.79. The van der Waals surface area contributed by atoms with E-state index in [1.807, 2.05) is 26.0 Å². The highest BCUT2D eigenvalue weighted by Gasteiger charge is 2.36. The van der Waals surface area contributed by atoms with Crippen molar-refractivity contribution in [1.29, 1.82) is 0 Å². The molecule has 1 aliphatic rings. The van der Waals surface area contributed by atoms with E-state index < -0.39 is 11.2 Å². The number of fused-ring (bicyclic) bond motifs is 7. The Labute approximate surface area is 192 Å². The summed E-state index contributed by atoms with van der Waals surface area (Å²) < 4.78 is 7.45. The van der Waals surface area contributed by atoms with E-state index in [1.165, 1.54) is 37.0 Å². The van der Waals surface area contributed by atoms with E-state index in [4.69, 9.17) is 12.6 Å². The van der Waals surface area contributed by atoms with Crippen molar-refractivity contribution in [3.63, 3.8) is 0 Å². The predicted molar refractivity (Wildman–Crippen MR) is 136 cm³/mol. The molecule has 0 bridgehead atoms. The van der Waals surface area contributed by atoms with Crippen LogP contribution in [0.25, 0.3) is 53.2 Å². The summed E-state index contributed by atoms with van der Waals surface area (Å²) in [5.74, 6) is 0.861. The first-order valence-electron chi connectivity index (χ1n) is 10.9. The lowest BCUT2D eigenvalue weighted by atomic mass is 9.88. The van der Waals surface area contributed by atoms with Crippen LogP contribution in [-0.2, 0) is 0 Å². The first-order valence-corrected chi connectivity index (χ1v) is 11.7. The highest BCUT2D eigenvalue weighted by atomic mass is 32.1. The van der Waals surface area contributed by atoms with Gasteiger partial charge in [0.25, 0.3) is 5.75 Å². The molecule has 0 fully saturated rings. The largest absolute Gasteiger partial charge is 0.843 e. The first kappa shape index (κ1) is 19.8. The van der Waals surface area contributed by atoms with E-state index in [1.54, 1.807) is 25.2 Å². The first-order chi connectivity index (χ1) is 15.2. The summed E-state index contributed by atoms with van der Waals surface area (Å²) in [6, 6.07) is 21.2. The molecule has 6 rings (SSSR count). The van der Waals surface area contributed by atoms with E-state index in [9.17, 15) is 5.11 Å². The van der Waals surface area contributed by atoms with Gasteiger partial charge in [0.05, 0.1) is 5.39 Å². The maximum Gasteiger partial charge on any atom is 0.263 e. The highest BCUT2D eigenvalue weighted by molar-refractivity contribution is 7.26. The third kappa shape index (κ3) is 2.57. The Morgan fingerprint density at radius 2 is 1.44 bits per heavy atom. The van der Waals surface area contributed by atoms with Crippen LogP contribution in [-0.4, -0.2) is 23.8 Å². The van der Waals surface area contributed by atoms with Crippen molar-refractivity contribution >= 4 is 55.6 Å². The van der Waals surface area contributed by atoms with E-state index in [-0.39, 0.29) is 0 Å². The Morgan fingerprint density at radius 1 is 0.719 bits per heavy atom. The number of hydrogen-bond acceptors (Lipinski definition) is 2. The van der Waals surface area contributed by atoms with Crippen LogP contribution < -0.4 is 10.6 Å². The SMILES string of the molecule is [B]c1cccc2sc3cc4c5c(ccc([OH+]C(C)(C)C(C)(C)[O-])c5c3c12)-c1ccccc1-4. The Kier molecular flexibility index (Phi) is 3.95. The van der Waals surface area contributed by atoms with Crippen molar-refractivity contribution in [2.75, 3.05) is 0 Å². The molecular formula is C28H23BO2S. The van der Waals surface area contributed by atoms with Crippen LogP contribution >= 0.6 is 11.3 Å². The number of rotatable bonds is 3. The van der Waals surface area contributed by atoms with Gasteiger partial charge in [-0.25, -0.2) is 0 Å². The van der Waals surface area contributed by atoms with Gasteiger partial charge in [-0.2, -0.15) is 0 Å². The Morgan fingerprint density at radius 3 is 2.16 bits per heavy atom. The summed E-state index contributed by atoms with van der Waals surface area (Å²) in [5.41, 5.74) is 3.74. The van der Waals surface area contributed by atoms with Crippen LogP contribution in [0.15, 0.2) is 60.7 Å². The van der Waals surface area contributed by atoms with E-state index in [0.717, 1.165) is 27.4 Å². The summed E-state index contributed by atoms with van der Waals surface area (Å²) in [6.07, 6.45) is 0. The van der Waals surface area contributed by atoms with Gasteiger partial charge in [0, 0.05) is 40.1 Å². The molecule has 0 saturated heterocycles. The summed E-state index contributed by atoms with van der Waals surface area (Å²) in [7, 11) is 6.51. The summed E-state index contributed by atoms with van der Waals surface area (Å²) in [4.78, 5) is 0. The molecule has 156 valence electrons. The van der Waals surface area contributed by atoms with Crippen molar-refractivity contribution in [2.45, 2.75) is 38.9 Å². The van der Waals surface area contributed by atoms with Crippen molar-refractivity contribution in [2.24, 2.45) is 0 Å². The summed E-state index contributed by atoms with van der Waals surface area (Å²) in [6.45, 7) is 7.27. The van der Waals surface area contributed by atoms with Crippen LogP contribution in [0, 0.1) is 0 Å². The van der Waals surface area contributed by atoms with E-state index in [0.29, 0.717) is 0 Å². The molecule has 5 aromatic rings. The maximum absolute atomic E-state index is 13.0. The number of aromatic hydroxyl groups is 1. The molecule has 4 aromatic carbocycles. The molecule has 1 heterocycles. The monoisotopic (exact) mass is 434 g/mol. The second-order valence-corrected chi connectivity index (χ2v) is 10.8. The van der Waals surface area contributed by atoms with E-state index >= 15 is 0 Å². The van der Waals surface area contributed by atoms with Gasteiger partial charge in [-0.3, -0.25) is 0 Å². The van der Waals surface area contributed by atoms with Crippen LogP contribution in [0.2, 0.25) is 0 Å². The topological polar surface area (TPSA) is 35.9 Å². The average molecular weight is 434 g/mol. The zero-order valence-electron chi connectivity index (χ0n) is 18.6. The smallest absolute Gasteiger partial charge is 0.263 e. The Bertz CT molecular complexity index is 1570. The van der Waals surface area contributed by atoms with Crippen molar-refractivity contribution in [3.05, 3.63) is 60.7 Å². The minimum atomic E-state index is -1.21. The molecule has 2 nitrogen and oxygen atoms in total. The molecule has 4 heteroatoms. The lowest BCUT2D eigenvalue weighted by Gasteiger charge is -2.44. The summed E-state index contributed by atoms with van der Waals surface area (Å²) in [5, 5.41) is 17.5. The molecule has 1 N–H and O–H groups in total. The number of aliphatic hydroxyl groups is 1. The number of benzene rings is 4. The van der Waals surface area contributed by atoms with Gasteiger partial charge in [-0.05, 0) is 51.4 Å². The molecule has 1 aromatic heterocycles. The normalized spacial score (nSPS) is 13.3. The fraction of sp³-hybridized carbons (Fsp3) is 0.214. The fourth-order valence-corrected chi connectivity index (χ4v) is 5.98. The second-order valence-electron chi connectivity index (χ2n) is 9.73. The Hall–Kier alpha value is -2.82. The molecule has 1 aliphatic carbocycles. The molecular weight excluding hydrogens is 411 g/mol. The van der Waals surface area contributed by atoms with Crippen molar-refractivity contribution in [1.82, 2.24) is 0 Å². The molecule has 0 aliphatic heterocycles. The van der Waals surface area contributed by atoms with Gasteiger partial charge in [0.15, 0.2) is 5.60 Å². The van der Waals surface area contributed by atoms with Crippen molar-refractivity contribution in [3.8, 4) is 28.0 Å². The van der Waals surface area contributed by atoms with Crippen molar-refractivity contribution < 1.29 is 9.84 Å². The zero-order chi connectivity index (χ0) is 22.4. The molecule has 0 amide bonds. The predicted octanol–water partition coefficient (Wildman–Crippen LogP) is 5.81. The van der Waals surface area contributed by atoms with Gasteiger partial charge in [-0.1, -0.05) is 55.7 Å². The number of ether oxygens (including phenoxy) is 1. The molecule has 0 atom stereocenters. The number of thiophene rings is 1. The Balaban J connectivity index is 1.81. The highest BCUT2D eigenvalue weighted by Crippen LogP contribution is 2.54. The van der Waals surface area contributed by atoms with Gasteiger partial charge in [-0.15, -0.1) is 11.3 Å². The standard InChI is InChI=1S/C28H22BO2S/c1-27(2,30)28(3,4)31-20-13-12-17-15-8-5-6-9-16(15)18-14-22-26(25(20)23(17)18)24-19(29)10-7-11-21(24)32-22/h5-14H,1-4H3/q-1/p+1. The van der Waals surface area contributed by atoms with E-state index in [2.05, 4.69) is 48.5 Å². The molecule has 2 radical (unpaired) electrons. The van der Waals surface area contributed by atoms with Gasteiger partial charge >= 0.3 is 0 Å². The third-order valence-electron chi connectivity index (χ3n) is 7.13. The minimum Gasteiger partial charge on any atom is -0.843 e. The van der Waals surface area contributed by atoms with Crippen LogP contribution in [0.1, 0.15) is 27.7 Å². The second kappa shape index (κ2) is 6.37. The zero-order valence-corrected chi connectivity index (χ0v) is 19.4. The third-order valence-corrected chi connectivity index (χ3v) is 8.24. The van der Waals surface area contributed by atoms with Gasteiger partial charge < -0.3 is 9.84 Å². The lowest BCUT2D eigenvalue weighted by molar-refractivity contribution is -0.507.